The first-order valence-electron chi connectivity index (χ1n) is 7.37. The van der Waals surface area contributed by atoms with Crippen molar-refractivity contribution in [3.05, 3.63) is 71.8 Å². The average Bonchev–Trinajstić information content (AvgIpc) is 2.66. The molecule has 2 rings (SSSR count). The molecule has 1 N–H and O–H groups in total. The molecule has 0 radical (unpaired) electrons. The molecule has 2 aromatic carbocycles. The van der Waals surface area contributed by atoms with E-state index in [1.165, 1.54) is 24.3 Å². The Bertz CT molecular complexity index is 772. The van der Waals surface area contributed by atoms with Crippen LogP contribution in [0.1, 0.15) is 20.7 Å². The number of carboxylic acid groups (broad SMARTS) is 1. The Morgan fingerprint density at radius 2 is 1.27 bits per heavy atom. The molecule has 0 spiro atoms. The molecule has 2 atom stereocenters. The Morgan fingerprint density at radius 3 is 1.69 bits per heavy atom. The molecule has 8 heteroatoms. The predicted octanol–water partition coefficient (Wildman–Crippen LogP) is 1.65. The molecule has 26 heavy (non-hydrogen) atoms. The lowest BCUT2D eigenvalue weighted by Gasteiger charge is -2.22. The molecule has 2 aromatic rings. The van der Waals surface area contributed by atoms with E-state index in [0.29, 0.717) is 0 Å². The summed E-state index contributed by atoms with van der Waals surface area (Å²) in [4.78, 5) is 46.2. The third kappa shape index (κ3) is 4.91. The van der Waals surface area contributed by atoms with Gasteiger partial charge in [-0.1, -0.05) is 36.4 Å². The van der Waals surface area contributed by atoms with E-state index >= 15 is 0 Å². The summed E-state index contributed by atoms with van der Waals surface area (Å²) in [6.07, 6.45) is -3.99. The summed E-state index contributed by atoms with van der Waals surface area (Å²) in [7, 11) is 0. The molecule has 0 aliphatic heterocycles. The van der Waals surface area contributed by atoms with Crippen molar-refractivity contribution in [3.63, 3.8) is 0 Å². The Balaban J connectivity index is 2.17. The molecule has 0 aromatic heterocycles. The van der Waals surface area contributed by atoms with Crippen molar-refractivity contribution < 1.29 is 38.5 Å². The first-order valence-corrected chi connectivity index (χ1v) is 7.37. The molecule has 0 bridgehead atoms. The fourth-order valence-corrected chi connectivity index (χ4v) is 1.94. The monoisotopic (exact) mass is 358 g/mol. The first-order chi connectivity index (χ1) is 12.5. The lowest BCUT2D eigenvalue weighted by molar-refractivity contribution is -0.187. The van der Waals surface area contributed by atoms with Gasteiger partial charge in [0.1, 0.15) is 0 Å². The van der Waals surface area contributed by atoms with Gasteiger partial charge in [-0.3, -0.25) is 4.79 Å². The van der Waals surface area contributed by atoms with Crippen molar-refractivity contribution in [3.8, 4) is 0 Å². The molecule has 0 amide bonds. The second kappa shape index (κ2) is 8.97. The van der Waals surface area contributed by atoms with Gasteiger partial charge in [0.25, 0.3) is 18.9 Å². The van der Waals surface area contributed by atoms with E-state index in [1.54, 1.807) is 36.4 Å². The zero-order chi connectivity index (χ0) is 18.9. The minimum absolute atomic E-state index is 0.0815. The van der Waals surface area contributed by atoms with E-state index in [0.717, 1.165) is 0 Å². The molecule has 0 aliphatic carbocycles. The number of ether oxygens (including phenoxy) is 3. The minimum atomic E-state index is -2.04. The Labute approximate surface area is 147 Å². The third-order valence-corrected chi connectivity index (χ3v) is 3.16. The SMILES string of the molecule is O=CO[C@H](OC(=O)c1ccccc1)[C@@H](OC(=O)c1ccccc1)C(=O)O. The molecule has 134 valence electrons. The molecule has 0 fully saturated rings. The number of aliphatic carboxylic acids is 1. The highest BCUT2D eigenvalue weighted by Gasteiger charge is 2.37. The number of benzene rings is 2. The smallest absolute Gasteiger partial charge is 0.353 e. The average molecular weight is 358 g/mol. The summed E-state index contributed by atoms with van der Waals surface area (Å²) in [5.74, 6) is -3.57. The fraction of sp³-hybridized carbons (Fsp3) is 0.111. The van der Waals surface area contributed by atoms with Crippen molar-refractivity contribution in [1.82, 2.24) is 0 Å². The highest BCUT2D eigenvalue weighted by atomic mass is 16.7. The summed E-state index contributed by atoms with van der Waals surface area (Å²) < 4.78 is 14.2. The van der Waals surface area contributed by atoms with E-state index < -0.39 is 30.3 Å². The molecule has 0 saturated heterocycles. The maximum atomic E-state index is 12.1. The number of rotatable bonds is 8. The zero-order valence-corrected chi connectivity index (χ0v) is 13.3. The maximum absolute atomic E-state index is 12.1. The predicted molar refractivity (Wildman–Crippen MR) is 86.1 cm³/mol. The summed E-state index contributed by atoms with van der Waals surface area (Å²) in [5.41, 5.74) is 0.184. The lowest BCUT2D eigenvalue weighted by Crippen LogP contribution is -2.42. The number of carbonyl (C=O) groups excluding carboxylic acids is 3. The van der Waals surface area contributed by atoms with Crippen LogP contribution in [0.15, 0.2) is 60.7 Å². The molecular formula is C18H14O8. The maximum Gasteiger partial charge on any atom is 0.353 e. The highest BCUT2D eigenvalue weighted by molar-refractivity contribution is 5.92. The summed E-state index contributed by atoms with van der Waals surface area (Å²) in [5, 5.41) is 9.29. The molecule has 0 heterocycles. The number of carbonyl (C=O) groups is 4. The van der Waals surface area contributed by atoms with E-state index in [2.05, 4.69) is 4.74 Å². The van der Waals surface area contributed by atoms with Gasteiger partial charge in [-0.05, 0) is 24.3 Å². The van der Waals surface area contributed by atoms with Gasteiger partial charge in [0.05, 0.1) is 11.1 Å². The van der Waals surface area contributed by atoms with Gasteiger partial charge in [-0.2, -0.15) is 0 Å². The molecule has 0 saturated carbocycles. The Kier molecular flexibility index (Phi) is 6.44. The fourth-order valence-electron chi connectivity index (χ4n) is 1.94. The highest BCUT2D eigenvalue weighted by Crippen LogP contribution is 2.13. The van der Waals surface area contributed by atoms with E-state index in [-0.39, 0.29) is 17.6 Å². The summed E-state index contributed by atoms with van der Waals surface area (Å²) >= 11 is 0. The van der Waals surface area contributed by atoms with E-state index in [9.17, 15) is 24.3 Å². The number of hydrogen-bond donors (Lipinski definition) is 1. The van der Waals surface area contributed by atoms with Crippen LogP contribution in [0.4, 0.5) is 0 Å². The van der Waals surface area contributed by atoms with Crippen molar-refractivity contribution >= 4 is 24.4 Å². The number of hydrogen-bond acceptors (Lipinski definition) is 7. The van der Waals surface area contributed by atoms with E-state index in [4.69, 9.17) is 9.47 Å². The second-order valence-electron chi connectivity index (χ2n) is 4.90. The van der Waals surface area contributed by atoms with E-state index in [1.807, 2.05) is 0 Å². The van der Waals surface area contributed by atoms with Crippen LogP contribution in [0.5, 0.6) is 0 Å². The van der Waals surface area contributed by atoms with Crippen molar-refractivity contribution in [2.24, 2.45) is 0 Å². The van der Waals surface area contributed by atoms with Gasteiger partial charge in [0.15, 0.2) is 0 Å². The normalized spacial score (nSPS) is 12.3. The van der Waals surface area contributed by atoms with Gasteiger partial charge in [-0.15, -0.1) is 0 Å². The van der Waals surface area contributed by atoms with Crippen LogP contribution >= 0.6 is 0 Å². The number of esters is 2. The molecule has 0 aliphatic rings. The van der Waals surface area contributed by atoms with Crippen molar-refractivity contribution in [2.75, 3.05) is 0 Å². The van der Waals surface area contributed by atoms with Gasteiger partial charge in [-0.25, -0.2) is 14.4 Å². The Hall–Kier alpha value is -3.68. The van der Waals surface area contributed by atoms with Gasteiger partial charge in [0.2, 0.25) is 0 Å². The standard InChI is InChI=1S/C18H14O8/c19-11-24-18(26-17(23)13-9-5-2-6-10-13)14(15(20)21)25-16(22)12-7-3-1-4-8-12/h1-11,14,18H,(H,20,21)/t14-,18+/m0/s1. The second-order valence-corrected chi connectivity index (χ2v) is 4.90. The van der Waals surface area contributed by atoms with Crippen LogP contribution in [0.2, 0.25) is 0 Å². The van der Waals surface area contributed by atoms with Crippen LogP contribution < -0.4 is 0 Å². The minimum Gasteiger partial charge on any atom is -0.478 e. The summed E-state index contributed by atoms with van der Waals surface area (Å²) in [6.45, 7) is -0.102. The van der Waals surface area contributed by atoms with Crippen molar-refractivity contribution in [1.29, 1.82) is 0 Å². The van der Waals surface area contributed by atoms with Crippen molar-refractivity contribution in [2.45, 2.75) is 12.4 Å². The first kappa shape index (κ1) is 18.7. The largest absolute Gasteiger partial charge is 0.478 e. The third-order valence-electron chi connectivity index (χ3n) is 3.16. The topological polar surface area (TPSA) is 116 Å². The van der Waals surface area contributed by atoms with Crippen LogP contribution in [0.25, 0.3) is 0 Å². The van der Waals surface area contributed by atoms with Crippen LogP contribution in [-0.4, -0.2) is 41.9 Å². The lowest BCUT2D eigenvalue weighted by atomic mass is 10.2. The number of carboxylic acids is 1. The van der Waals surface area contributed by atoms with Gasteiger partial charge >= 0.3 is 17.9 Å². The summed E-state index contributed by atoms with van der Waals surface area (Å²) in [6, 6.07) is 15.2. The van der Waals surface area contributed by atoms with Crippen LogP contribution in [0, 0.1) is 0 Å². The Morgan fingerprint density at radius 1 is 0.808 bits per heavy atom. The van der Waals surface area contributed by atoms with Gasteiger partial charge in [0, 0.05) is 0 Å². The van der Waals surface area contributed by atoms with Crippen LogP contribution in [0.3, 0.4) is 0 Å². The van der Waals surface area contributed by atoms with Gasteiger partial charge < -0.3 is 19.3 Å². The quantitative estimate of drug-likeness (QED) is 0.430. The molecule has 0 unspecified atom stereocenters. The molecule has 8 nitrogen and oxygen atoms in total. The zero-order valence-electron chi connectivity index (χ0n) is 13.3. The van der Waals surface area contributed by atoms with Crippen LogP contribution in [-0.2, 0) is 23.8 Å². The molecular weight excluding hydrogens is 344 g/mol.